The van der Waals surface area contributed by atoms with Crippen molar-refractivity contribution >= 4 is 44.9 Å². The molecule has 1 fully saturated rings. The Hall–Kier alpha value is -3.33. The van der Waals surface area contributed by atoms with Crippen molar-refractivity contribution < 1.29 is 14.3 Å². The minimum atomic E-state index is -0.496. The molecule has 36 heavy (non-hydrogen) atoms. The summed E-state index contributed by atoms with van der Waals surface area (Å²) in [5, 5.41) is 3.81. The number of nitrogens with two attached hydrogens (primary N) is 1. The van der Waals surface area contributed by atoms with Gasteiger partial charge >= 0.3 is 6.09 Å². The second-order valence-corrected chi connectivity index (χ2v) is 11.3. The van der Waals surface area contributed by atoms with Crippen LogP contribution in [0.1, 0.15) is 48.6 Å². The van der Waals surface area contributed by atoms with Crippen LogP contribution < -0.4 is 16.0 Å². The van der Waals surface area contributed by atoms with Gasteiger partial charge in [-0.05, 0) is 70.9 Å². The number of nitrogens with zero attached hydrogens (tertiary/aromatic N) is 3. The predicted octanol–water partition coefficient (Wildman–Crippen LogP) is 4.61. The van der Waals surface area contributed by atoms with Crippen LogP contribution in [0, 0.1) is 6.92 Å². The van der Waals surface area contributed by atoms with E-state index in [-0.39, 0.29) is 18.0 Å². The smallest absolute Gasteiger partial charge is 0.410 e. The fourth-order valence-electron chi connectivity index (χ4n) is 4.32. The molecule has 9 heteroatoms. The van der Waals surface area contributed by atoms with Crippen LogP contribution in [0.3, 0.4) is 0 Å². The number of ether oxygens (including phenoxy) is 1. The molecule has 0 bridgehead atoms. The summed E-state index contributed by atoms with van der Waals surface area (Å²) in [5.74, 6) is -0.165. The molecule has 8 nitrogen and oxygen atoms in total. The van der Waals surface area contributed by atoms with Gasteiger partial charge in [-0.2, -0.15) is 0 Å². The summed E-state index contributed by atoms with van der Waals surface area (Å²) in [6.45, 7) is 12.3. The van der Waals surface area contributed by atoms with E-state index in [1.54, 1.807) is 4.90 Å². The zero-order chi connectivity index (χ0) is 26.0. The van der Waals surface area contributed by atoms with E-state index in [0.717, 1.165) is 46.7 Å². The zero-order valence-electron chi connectivity index (χ0n) is 21.6. The normalized spacial score (nSPS) is 16.3. The summed E-state index contributed by atoms with van der Waals surface area (Å²) in [4.78, 5) is 35.0. The van der Waals surface area contributed by atoms with Crippen LogP contribution in [0.25, 0.3) is 10.2 Å². The van der Waals surface area contributed by atoms with Gasteiger partial charge in [-0.3, -0.25) is 4.79 Å². The molecule has 2 amide bonds. The lowest BCUT2D eigenvalue weighted by Gasteiger charge is -2.41. The van der Waals surface area contributed by atoms with Crippen LogP contribution in [0.2, 0.25) is 0 Å². The number of nitrogen functional groups attached to an aromatic ring is 1. The molecule has 3 N–H and O–H groups in total. The molecular formula is C27H35N5O3S. The lowest BCUT2D eigenvalue weighted by Crippen LogP contribution is -2.55. The third-order valence-corrected chi connectivity index (χ3v) is 7.31. The van der Waals surface area contributed by atoms with Crippen molar-refractivity contribution in [2.45, 2.75) is 52.7 Å². The highest BCUT2D eigenvalue weighted by atomic mass is 32.1. The molecule has 1 aromatic carbocycles. The Labute approximate surface area is 216 Å². The molecule has 4 rings (SSSR count). The maximum absolute atomic E-state index is 12.7. The molecule has 0 saturated carbocycles. The second kappa shape index (κ2) is 10.3. The van der Waals surface area contributed by atoms with Crippen molar-refractivity contribution in [1.82, 2.24) is 15.2 Å². The zero-order valence-corrected chi connectivity index (χ0v) is 22.4. The highest BCUT2D eigenvalue weighted by Gasteiger charge is 2.30. The number of aryl methyl sites for hydroxylation is 1. The monoisotopic (exact) mass is 509 g/mol. The van der Waals surface area contributed by atoms with E-state index in [9.17, 15) is 9.59 Å². The Morgan fingerprint density at radius 1 is 1.17 bits per heavy atom. The first-order valence-corrected chi connectivity index (χ1v) is 13.1. The first-order valence-electron chi connectivity index (χ1n) is 12.3. The van der Waals surface area contributed by atoms with Gasteiger partial charge in [-0.1, -0.05) is 12.1 Å². The summed E-state index contributed by atoms with van der Waals surface area (Å²) in [6, 6.07) is 12.3. The average molecular weight is 510 g/mol. The van der Waals surface area contributed by atoms with Gasteiger partial charge in [0.15, 0.2) is 0 Å². The van der Waals surface area contributed by atoms with Crippen molar-refractivity contribution in [2.24, 2.45) is 0 Å². The number of thiophene rings is 1. The molecule has 1 saturated heterocycles. The highest BCUT2D eigenvalue weighted by molar-refractivity contribution is 7.21. The molecular weight excluding hydrogens is 474 g/mol. The van der Waals surface area contributed by atoms with E-state index in [1.807, 2.05) is 46.8 Å². The minimum absolute atomic E-state index is 0.0592. The van der Waals surface area contributed by atoms with Crippen LogP contribution in [-0.4, -0.2) is 59.7 Å². The largest absolute Gasteiger partial charge is 0.444 e. The van der Waals surface area contributed by atoms with Gasteiger partial charge in [-0.25, -0.2) is 9.78 Å². The highest BCUT2D eigenvalue weighted by Crippen LogP contribution is 2.32. The molecule has 1 aliphatic heterocycles. The number of carbonyl (C=O) groups is 2. The Bertz CT molecular complexity index is 1250. The Morgan fingerprint density at radius 2 is 1.89 bits per heavy atom. The maximum atomic E-state index is 12.7. The number of rotatable bonds is 5. The molecule has 1 atom stereocenters. The van der Waals surface area contributed by atoms with Crippen molar-refractivity contribution in [1.29, 1.82) is 0 Å². The van der Waals surface area contributed by atoms with Crippen molar-refractivity contribution in [3.05, 3.63) is 52.5 Å². The minimum Gasteiger partial charge on any atom is -0.444 e. The van der Waals surface area contributed by atoms with E-state index in [0.29, 0.717) is 23.7 Å². The summed E-state index contributed by atoms with van der Waals surface area (Å²) in [7, 11) is 0. The van der Waals surface area contributed by atoms with E-state index in [2.05, 4.69) is 39.5 Å². The summed E-state index contributed by atoms with van der Waals surface area (Å²) < 4.78 is 5.54. The molecule has 3 aromatic rings. The number of nitrogens with one attached hydrogen (secondary N) is 1. The lowest BCUT2D eigenvalue weighted by atomic mass is 10.1. The molecule has 3 heterocycles. The summed E-state index contributed by atoms with van der Waals surface area (Å²) in [6.07, 6.45) is 0.465. The Balaban J connectivity index is 1.29. The fourth-order valence-corrected chi connectivity index (χ4v) is 5.37. The van der Waals surface area contributed by atoms with E-state index < -0.39 is 5.60 Å². The first kappa shape index (κ1) is 25.8. The quantitative estimate of drug-likeness (QED) is 0.521. The van der Waals surface area contributed by atoms with Gasteiger partial charge in [0.05, 0.1) is 5.69 Å². The fraction of sp³-hybridized carbons (Fsp3) is 0.444. The SMILES string of the molecule is Cc1ccc2c(N)c(C(=O)NCCc3ccc(N4CCN(C(=O)OC(C)(C)C)[C@@H](C)C4)cc3)sc2n1. The molecule has 0 radical (unpaired) electrons. The number of anilines is 2. The second-order valence-electron chi connectivity index (χ2n) is 10.3. The number of hydrogen-bond acceptors (Lipinski definition) is 7. The molecule has 192 valence electrons. The number of benzene rings is 1. The standard InChI is InChI=1S/C27H35N5O3S/c1-17-6-11-21-22(28)23(36-25(21)30-17)24(33)29-13-12-19-7-9-20(10-8-19)31-14-15-32(18(2)16-31)26(34)35-27(3,4)5/h6-11,18H,12-16,28H2,1-5H3,(H,29,33)/t18-/m0/s1. The van der Waals surface area contributed by atoms with Gasteiger partial charge in [0, 0.05) is 49.0 Å². The Kier molecular flexibility index (Phi) is 7.40. The summed E-state index contributed by atoms with van der Waals surface area (Å²) >= 11 is 1.33. The molecule has 1 aliphatic rings. The molecule has 2 aromatic heterocycles. The summed E-state index contributed by atoms with van der Waals surface area (Å²) in [5.41, 5.74) is 9.36. The first-order chi connectivity index (χ1) is 17.0. The number of fused-ring (bicyclic) bond motifs is 1. The van der Waals surface area contributed by atoms with E-state index in [4.69, 9.17) is 10.5 Å². The average Bonchev–Trinajstić information content (AvgIpc) is 3.13. The van der Waals surface area contributed by atoms with Crippen molar-refractivity contribution in [3.63, 3.8) is 0 Å². The van der Waals surface area contributed by atoms with Gasteiger partial charge in [-0.15, -0.1) is 11.3 Å². The number of carbonyl (C=O) groups excluding carboxylic acids is 2. The number of aromatic nitrogens is 1. The third kappa shape index (κ3) is 5.90. The third-order valence-electron chi connectivity index (χ3n) is 6.20. The number of pyridine rings is 1. The van der Waals surface area contributed by atoms with E-state index in [1.165, 1.54) is 11.3 Å². The molecule has 0 spiro atoms. The Morgan fingerprint density at radius 3 is 2.56 bits per heavy atom. The number of amides is 2. The topological polar surface area (TPSA) is 101 Å². The van der Waals surface area contributed by atoms with Crippen LogP contribution in [0.4, 0.5) is 16.2 Å². The van der Waals surface area contributed by atoms with Gasteiger partial charge in [0.2, 0.25) is 0 Å². The number of piperazine rings is 1. The molecule has 0 unspecified atom stereocenters. The van der Waals surface area contributed by atoms with Crippen LogP contribution in [0.15, 0.2) is 36.4 Å². The van der Waals surface area contributed by atoms with E-state index >= 15 is 0 Å². The number of hydrogen-bond donors (Lipinski definition) is 2. The van der Waals surface area contributed by atoms with Gasteiger partial charge in [0.1, 0.15) is 15.3 Å². The van der Waals surface area contributed by atoms with Crippen LogP contribution in [0.5, 0.6) is 0 Å². The van der Waals surface area contributed by atoms with Crippen molar-refractivity contribution in [3.8, 4) is 0 Å². The van der Waals surface area contributed by atoms with Crippen molar-refractivity contribution in [2.75, 3.05) is 36.8 Å². The molecule has 0 aliphatic carbocycles. The van der Waals surface area contributed by atoms with Gasteiger partial charge < -0.3 is 25.6 Å². The predicted molar refractivity (Wildman–Crippen MR) is 146 cm³/mol. The van der Waals surface area contributed by atoms with Crippen LogP contribution >= 0.6 is 11.3 Å². The van der Waals surface area contributed by atoms with Crippen LogP contribution in [-0.2, 0) is 11.2 Å². The lowest BCUT2D eigenvalue weighted by molar-refractivity contribution is 0.0159. The van der Waals surface area contributed by atoms with Gasteiger partial charge in [0.25, 0.3) is 5.91 Å². The maximum Gasteiger partial charge on any atom is 0.410 e.